The van der Waals surface area contributed by atoms with Gasteiger partial charge in [0.2, 0.25) is 0 Å². The first-order chi connectivity index (χ1) is 34.0. The summed E-state index contributed by atoms with van der Waals surface area (Å²) in [4.78, 5) is 38.1. The van der Waals surface area contributed by atoms with Crippen molar-refractivity contribution < 1.29 is 28.6 Å². The monoisotopic (exact) mass is 959 g/mol. The number of carbonyl (C=O) groups is 3. The molecule has 0 heterocycles. The minimum atomic E-state index is -0.799. The summed E-state index contributed by atoms with van der Waals surface area (Å²) in [5, 5.41) is 0. The molecule has 69 heavy (non-hydrogen) atoms. The highest BCUT2D eigenvalue weighted by atomic mass is 16.6. The van der Waals surface area contributed by atoms with Gasteiger partial charge in [0, 0.05) is 19.3 Å². The van der Waals surface area contributed by atoms with E-state index in [0.717, 1.165) is 122 Å². The van der Waals surface area contributed by atoms with E-state index < -0.39 is 6.10 Å². The molecule has 6 heteroatoms. The molecule has 0 rings (SSSR count). The molecule has 0 aliphatic heterocycles. The highest BCUT2D eigenvalue weighted by Crippen LogP contribution is 2.16. The van der Waals surface area contributed by atoms with Gasteiger partial charge in [-0.25, -0.2) is 0 Å². The molecule has 1 atom stereocenters. The molecule has 0 saturated heterocycles. The van der Waals surface area contributed by atoms with Crippen LogP contribution in [0, 0.1) is 0 Å². The summed E-state index contributed by atoms with van der Waals surface area (Å²) in [5.41, 5.74) is 0. The predicted octanol–water partition coefficient (Wildman–Crippen LogP) is 19.3. The molecule has 1 unspecified atom stereocenters. The second-order valence-electron chi connectivity index (χ2n) is 18.9. The number of rotatable bonds is 51. The normalized spacial score (nSPS) is 12.8. The third kappa shape index (κ3) is 55.1. The first kappa shape index (κ1) is 65.3. The van der Waals surface area contributed by atoms with Crippen LogP contribution in [0.2, 0.25) is 0 Å². The summed E-state index contributed by atoms with van der Waals surface area (Å²) in [7, 11) is 0. The minimum absolute atomic E-state index is 0.0979. The molecule has 0 fully saturated rings. The maximum Gasteiger partial charge on any atom is 0.306 e. The Labute approximate surface area is 426 Å². The molecular weight excluding hydrogens is 853 g/mol. The molecule has 0 amide bonds. The molecule has 0 aliphatic rings. The van der Waals surface area contributed by atoms with Gasteiger partial charge in [-0.2, -0.15) is 0 Å². The standard InChI is InChI=1S/C63H106O6/c1-4-7-10-13-16-19-22-25-27-29-31-33-35-38-41-44-47-50-53-56-62(65)68-59-60(58-67-61(64)55-52-49-46-43-40-37-24-21-18-15-12-9-6-3)69-63(66)57-54-51-48-45-42-39-36-34-32-30-28-26-23-20-17-14-11-8-5-2/h7,9-10,12,15-16,18-19,21,24-25,27,31,33,38,41,60H,4-6,8,11,13-14,17,20,22-23,26,28-30,32,34-37,39-40,42-59H2,1-3H3/b10-7-,12-9-,18-15-,19-16-,24-21-,27-25-,33-31-,41-38-. The molecule has 0 aromatic carbocycles. The molecular formula is C63H106O6. The van der Waals surface area contributed by atoms with Gasteiger partial charge in [-0.05, 0) is 83.5 Å². The lowest BCUT2D eigenvalue weighted by molar-refractivity contribution is -0.167. The van der Waals surface area contributed by atoms with Gasteiger partial charge in [-0.15, -0.1) is 0 Å². The van der Waals surface area contributed by atoms with Crippen LogP contribution in [0.5, 0.6) is 0 Å². The molecule has 0 N–H and O–H groups in total. The fourth-order valence-electron chi connectivity index (χ4n) is 7.88. The number of esters is 3. The van der Waals surface area contributed by atoms with Crippen LogP contribution in [0.4, 0.5) is 0 Å². The first-order valence-electron chi connectivity index (χ1n) is 28.8. The fraction of sp³-hybridized carbons (Fsp3) is 0.698. The Hall–Kier alpha value is -3.67. The molecule has 0 spiro atoms. The lowest BCUT2D eigenvalue weighted by atomic mass is 10.0. The van der Waals surface area contributed by atoms with E-state index >= 15 is 0 Å². The Kier molecular flexibility index (Phi) is 53.9. The molecule has 0 aromatic rings. The second kappa shape index (κ2) is 56.9. The van der Waals surface area contributed by atoms with Gasteiger partial charge in [-0.3, -0.25) is 14.4 Å². The van der Waals surface area contributed by atoms with Gasteiger partial charge in [0.15, 0.2) is 6.10 Å². The van der Waals surface area contributed by atoms with Crippen molar-refractivity contribution >= 4 is 17.9 Å². The van der Waals surface area contributed by atoms with Crippen LogP contribution >= 0.6 is 0 Å². The number of unbranched alkanes of at least 4 members (excludes halogenated alkanes) is 26. The first-order valence-corrected chi connectivity index (χ1v) is 28.8. The Bertz CT molecular complexity index is 1380. The highest BCUT2D eigenvalue weighted by molar-refractivity contribution is 5.71. The Morgan fingerprint density at radius 2 is 0.638 bits per heavy atom. The number of carbonyl (C=O) groups excluding carboxylic acids is 3. The Morgan fingerprint density at radius 1 is 0.319 bits per heavy atom. The molecule has 6 nitrogen and oxygen atoms in total. The maximum atomic E-state index is 12.9. The lowest BCUT2D eigenvalue weighted by Crippen LogP contribution is -2.30. The maximum absolute atomic E-state index is 12.9. The summed E-state index contributed by atoms with van der Waals surface area (Å²) >= 11 is 0. The topological polar surface area (TPSA) is 78.9 Å². The van der Waals surface area contributed by atoms with E-state index in [2.05, 4.69) is 118 Å². The summed E-state index contributed by atoms with van der Waals surface area (Å²) < 4.78 is 16.8. The third-order valence-electron chi connectivity index (χ3n) is 12.1. The van der Waals surface area contributed by atoms with Gasteiger partial charge in [0.25, 0.3) is 0 Å². The van der Waals surface area contributed by atoms with Crippen molar-refractivity contribution in [3.63, 3.8) is 0 Å². The zero-order valence-electron chi connectivity index (χ0n) is 45.0. The summed E-state index contributed by atoms with van der Waals surface area (Å²) in [6.07, 6.45) is 75.4. The van der Waals surface area contributed by atoms with Gasteiger partial charge >= 0.3 is 17.9 Å². The lowest BCUT2D eigenvalue weighted by Gasteiger charge is -2.18. The number of hydrogen-bond donors (Lipinski definition) is 0. The van der Waals surface area contributed by atoms with Crippen molar-refractivity contribution in [3.8, 4) is 0 Å². The quantitative estimate of drug-likeness (QED) is 0.0199. The number of ether oxygens (including phenoxy) is 3. The van der Waals surface area contributed by atoms with Crippen LogP contribution in [0.15, 0.2) is 97.2 Å². The third-order valence-corrected chi connectivity index (χ3v) is 12.1. The van der Waals surface area contributed by atoms with Crippen molar-refractivity contribution in [2.45, 2.75) is 271 Å². The zero-order chi connectivity index (χ0) is 50.0. The second-order valence-corrected chi connectivity index (χ2v) is 18.9. The van der Waals surface area contributed by atoms with Crippen molar-refractivity contribution in [2.24, 2.45) is 0 Å². The molecule has 0 aliphatic carbocycles. The number of allylic oxidation sites excluding steroid dienone is 16. The van der Waals surface area contributed by atoms with E-state index in [-0.39, 0.29) is 31.1 Å². The molecule has 0 bridgehead atoms. The van der Waals surface area contributed by atoms with Crippen molar-refractivity contribution in [2.75, 3.05) is 13.2 Å². The summed E-state index contributed by atoms with van der Waals surface area (Å²) in [6.45, 7) is 6.36. The average molecular weight is 960 g/mol. The zero-order valence-corrected chi connectivity index (χ0v) is 45.0. The van der Waals surface area contributed by atoms with E-state index in [1.54, 1.807) is 0 Å². The summed E-state index contributed by atoms with van der Waals surface area (Å²) in [5.74, 6) is -0.944. The smallest absolute Gasteiger partial charge is 0.306 e. The average Bonchev–Trinajstić information content (AvgIpc) is 3.35. The van der Waals surface area contributed by atoms with Gasteiger partial charge in [0.05, 0.1) is 0 Å². The van der Waals surface area contributed by atoms with Crippen LogP contribution in [-0.4, -0.2) is 37.2 Å². The van der Waals surface area contributed by atoms with Crippen LogP contribution in [-0.2, 0) is 28.6 Å². The highest BCUT2D eigenvalue weighted by Gasteiger charge is 2.19. The van der Waals surface area contributed by atoms with Gasteiger partial charge in [-0.1, -0.05) is 259 Å². The minimum Gasteiger partial charge on any atom is -0.462 e. The van der Waals surface area contributed by atoms with Crippen LogP contribution in [0.3, 0.4) is 0 Å². The van der Waals surface area contributed by atoms with E-state index in [9.17, 15) is 14.4 Å². The molecule has 0 saturated carbocycles. The van der Waals surface area contributed by atoms with Crippen molar-refractivity contribution in [1.82, 2.24) is 0 Å². The predicted molar refractivity (Wildman–Crippen MR) is 297 cm³/mol. The van der Waals surface area contributed by atoms with E-state index in [1.807, 2.05) is 0 Å². The van der Waals surface area contributed by atoms with Crippen LogP contribution in [0.1, 0.15) is 265 Å². The Balaban J connectivity index is 4.43. The van der Waals surface area contributed by atoms with Gasteiger partial charge in [0.1, 0.15) is 13.2 Å². The van der Waals surface area contributed by atoms with Crippen LogP contribution < -0.4 is 0 Å². The van der Waals surface area contributed by atoms with E-state index in [4.69, 9.17) is 14.2 Å². The SMILES string of the molecule is CC\C=C/C=C\C=C/CCCCCCCC(=O)OCC(COC(=O)CCCCC/C=C\C/C=C\C/C=C\C/C=C\C/C=C\CC)OC(=O)CCCCCCCCCCCCCCCCCCCCC. The van der Waals surface area contributed by atoms with Crippen molar-refractivity contribution in [3.05, 3.63) is 97.2 Å². The largest absolute Gasteiger partial charge is 0.462 e. The fourth-order valence-corrected chi connectivity index (χ4v) is 7.88. The molecule has 394 valence electrons. The summed E-state index contributed by atoms with van der Waals surface area (Å²) in [6, 6.07) is 0. The number of hydrogen-bond acceptors (Lipinski definition) is 6. The molecule has 0 aromatic heterocycles. The molecule has 0 radical (unpaired) electrons. The van der Waals surface area contributed by atoms with E-state index in [0.29, 0.717) is 19.3 Å². The van der Waals surface area contributed by atoms with E-state index in [1.165, 1.54) is 103 Å². The van der Waals surface area contributed by atoms with Crippen LogP contribution in [0.25, 0.3) is 0 Å². The van der Waals surface area contributed by atoms with Gasteiger partial charge < -0.3 is 14.2 Å². The Morgan fingerprint density at radius 3 is 1.06 bits per heavy atom. The van der Waals surface area contributed by atoms with Crippen molar-refractivity contribution in [1.29, 1.82) is 0 Å².